The van der Waals surface area contributed by atoms with E-state index < -0.39 is 0 Å². The van der Waals surface area contributed by atoms with Gasteiger partial charge >= 0.3 is 0 Å². The molecule has 4 amide bonds. The Morgan fingerprint density at radius 3 is 2.27 bits per heavy atom. The van der Waals surface area contributed by atoms with E-state index in [0.29, 0.717) is 29.0 Å². The molecule has 0 saturated carbocycles. The Labute approximate surface area is 192 Å². The van der Waals surface area contributed by atoms with E-state index in [1.54, 1.807) is 56.6 Å². The number of benzene rings is 2. The van der Waals surface area contributed by atoms with Crippen molar-refractivity contribution in [1.29, 1.82) is 0 Å². The largest absolute Gasteiger partial charge is 0.493 e. The summed E-state index contributed by atoms with van der Waals surface area (Å²) < 4.78 is 10.8. The molecule has 0 aromatic heterocycles. The minimum Gasteiger partial charge on any atom is -0.493 e. The molecular formula is C24H27N3O6. The van der Waals surface area contributed by atoms with Crippen molar-refractivity contribution in [1.82, 2.24) is 15.1 Å². The van der Waals surface area contributed by atoms with Crippen LogP contribution >= 0.6 is 0 Å². The Balaban J connectivity index is 1.46. The predicted octanol–water partition coefficient (Wildman–Crippen LogP) is 1.85. The molecular weight excluding hydrogens is 426 g/mol. The molecule has 0 radical (unpaired) electrons. The van der Waals surface area contributed by atoms with Crippen molar-refractivity contribution < 1.29 is 28.7 Å². The van der Waals surface area contributed by atoms with Crippen LogP contribution in [0.4, 0.5) is 0 Å². The molecule has 1 N–H and O–H groups in total. The minimum atomic E-state index is -0.322. The number of fused-ring (bicyclic) bond motifs is 1. The first-order valence-corrected chi connectivity index (χ1v) is 10.5. The van der Waals surface area contributed by atoms with Gasteiger partial charge in [-0.15, -0.1) is 0 Å². The summed E-state index contributed by atoms with van der Waals surface area (Å²) in [7, 11) is 4.79. The van der Waals surface area contributed by atoms with Crippen LogP contribution in [0.2, 0.25) is 0 Å². The molecule has 0 spiro atoms. The van der Waals surface area contributed by atoms with Gasteiger partial charge in [-0.1, -0.05) is 18.2 Å². The number of imide groups is 1. The maximum Gasteiger partial charge on any atom is 0.261 e. The molecule has 0 bridgehead atoms. The van der Waals surface area contributed by atoms with E-state index in [4.69, 9.17) is 9.47 Å². The van der Waals surface area contributed by atoms with Gasteiger partial charge in [-0.2, -0.15) is 0 Å². The lowest BCUT2D eigenvalue weighted by molar-refractivity contribution is -0.130. The monoisotopic (exact) mass is 453 g/mol. The molecule has 1 heterocycles. The van der Waals surface area contributed by atoms with Gasteiger partial charge in [0.2, 0.25) is 5.91 Å². The molecule has 1 aliphatic rings. The number of ether oxygens (including phenoxy) is 2. The zero-order valence-corrected chi connectivity index (χ0v) is 18.9. The summed E-state index contributed by atoms with van der Waals surface area (Å²) in [6, 6.07) is 11.9. The predicted molar refractivity (Wildman–Crippen MR) is 120 cm³/mol. The number of likely N-dealkylation sites (N-methyl/N-ethyl adjacent to an activating group) is 1. The Morgan fingerprint density at radius 1 is 1.00 bits per heavy atom. The van der Waals surface area contributed by atoms with Crippen molar-refractivity contribution in [2.45, 2.75) is 19.4 Å². The number of carbonyl (C=O) groups excluding carboxylic acids is 4. The van der Waals surface area contributed by atoms with Gasteiger partial charge in [0.05, 0.1) is 18.2 Å². The lowest BCUT2D eigenvalue weighted by atomic mass is 10.1. The highest BCUT2D eigenvalue weighted by atomic mass is 16.5. The van der Waals surface area contributed by atoms with E-state index in [1.807, 2.05) is 0 Å². The molecule has 174 valence electrons. The molecule has 0 aliphatic carbocycles. The molecule has 0 saturated heterocycles. The molecule has 0 unspecified atom stereocenters. The molecule has 2 aromatic rings. The summed E-state index contributed by atoms with van der Waals surface area (Å²) in [5.74, 6) is -0.116. The molecule has 9 heteroatoms. The number of hydrogen-bond donors (Lipinski definition) is 1. The number of carbonyl (C=O) groups is 4. The number of amides is 4. The molecule has 0 atom stereocenters. The fourth-order valence-corrected chi connectivity index (χ4v) is 3.34. The zero-order chi connectivity index (χ0) is 24.0. The Kier molecular flexibility index (Phi) is 7.66. The second kappa shape index (κ2) is 10.6. The first-order valence-electron chi connectivity index (χ1n) is 10.5. The van der Waals surface area contributed by atoms with Gasteiger partial charge in [0, 0.05) is 33.6 Å². The van der Waals surface area contributed by atoms with E-state index in [2.05, 4.69) is 5.32 Å². The van der Waals surface area contributed by atoms with Crippen LogP contribution in [0.3, 0.4) is 0 Å². The molecule has 2 aromatic carbocycles. The Morgan fingerprint density at radius 2 is 1.67 bits per heavy atom. The van der Waals surface area contributed by atoms with Crippen LogP contribution in [0, 0.1) is 0 Å². The summed E-state index contributed by atoms with van der Waals surface area (Å²) in [6.45, 7) is 0.358. The maximum atomic E-state index is 12.4. The second-order valence-corrected chi connectivity index (χ2v) is 7.75. The molecule has 9 nitrogen and oxygen atoms in total. The number of methoxy groups -OCH3 is 1. The van der Waals surface area contributed by atoms with Crippen LogP contribution in [0.5, 0.6) is 11.5 Å². The van der Waals surface area contributed by atoms with Crippen LogP contribution in [0.25, 0.3) is 0 Å². The fourth-order valence-electron chi connectivity index (χ4n) is 3.34. The van der Waals surface area contributed by atoms with E-state index in [-0.39, 0.29) is 49.7 Å². The molecule has 3 rings (SSSR count). The van der Waals surface area contributed by atoms with Crippen molar-refractivity contribution in [2.24, 2.45) is 0 Å². The smallest absolute Gasteiger partial charge is 0.261 e. The standard InChI is InChI=1S/C24H27N3O6/c1-26(2)22(29)15-33-19-11-10-16(13-20(19)32-3)14-25-21(28)9-6-12-27-23(30)17-7-4-5-8-18(17)24(27)31/h4-5,7-8,10-11,13H,6,9,12,14-15H2,1-3H3,(H,25,28). The highest BCUT2D eigenvalue weighted by Crippen LogP contribution is 2.28. The number of hydrogen-bond acceptors (Lipinski definition) is 6. The van der Waals surface area contributed by atoms with Crippen LogP contribution in [0.15, 0.2) is 42.5 Å². The quantitative estimate of drug-likeness (QED) is 0.551. The van der Waals surface area contributed by atoms with Gasteiger partial charge in [0.1, 0.15) is 0 Å². The first kappa shape index (κ1) is 23.8. The van der Waals surface area contributed by atoms with Crippen molar-refractivity contribution in [2.75, 3.05) is 34.4 Å². The van der Waals surface area contributed by atoms with Crippen molar-refractivity contribution in [3.8, 4) is 11.5 Å². The summed E-state index contributed by atoms with van der Waals surface area (Å²) in [5.41, 5.74) is 1.60. The normalized spacial score (nSPS) is 12.4. The summed E-state index contributed by atoms with van der Waals surface area (Å²) in [5, 5.41) is 2.82. The van der Waals surface area contributed by atoms with Gasteiger partial charge in [0.25, 0.3) is 17.7 Å². The average molecular weight is 453 g/mol. The number of nitrogens with one attached hydrogen (secondary N) is 1. The zero-order valence-electron chi connectivity index (χ0n) is 18.9. The average Bonchev–Trinajstić information content (AvgIpc) is 3.06. The van der Waals surface area contributed by atoms with Crippen LogP contribution in [0.1, 0.15) is 39.1 Å². The van der Waals surface area contributed by atoms with Crippen LogP contribution < -0.4 is 14.8 Å². The highest BCUT2D eigenvalue weighted by molar-refractivity contribution is 6.21. The topological polar surface area (TPSA) is 105 Å². The van der Waals surface area contributed by atoms with Gasteiger partial charge in [-0.05, 0) is 36.2 Å². The third-order valence-electron chi connectivity index (χ3n) is 5.23. The van der Waals surface area contributed by atoms with Crippen molar-refractivity contribution in [3.05, 3.63) is 59.2 Å². The van der Waals surface area contributed by atoms with E-state index in [0.717, 1.165) is 5.56 Å². The fraction of sp³-hybridized carbons (Fsp3) is 0.333. The van der Waals surface area contributed by atoms with E-state index in [9.17, 15) is 19.2 Å². The van der Waals surface area contributed by atoms with Crippen LogP contribution in [-0.2, 0) is 16.1 Å². The van der Waals surface area contributed by atoms with Crippen LogP contribution in [-0.4, -0.2) is 67.8 Å². The van der Waals surface area contributed by atoms with E-state index in [1.165, 1.54) is 16.9 Å². The van der Waals surface area contributed by atoms with Crippen molar-refractivity contribution in [3.63, 3.8) is 0 Å². The first-order chi connectivity index (χ1) is 15.8. The van der Waals surface area contributed by atoms with Gasteiger partial charge < -0.3 is 19.7 Å². The summed E-state index contributed by atoms with van der Waals surface area (Å²) >= 11 is 0. The summed E-state index contributed by atoms with van der Waals surface area (Å²) in [4.78, 5) is 51.3. The number of rotatable bonds is 10. The molecule has 1 aliphatic heterocycles. The maximum absolute atomic E-state index is 12.4. The number of nitrogens with zero attached hydrogens (tertiary/aromatic N) is 2. The van der Waals surface area contributed by atoms with Gasteiger partial charge in [-0.25, -0.2) is 0 Å². The lowest BCUT2D eigenvalue weighted by Gasteiger charge is -2.15. The molecule has 33 heavy (non-hydrogen) atoms. The minimum absolute atomic E-state index is 0.105. The lowest BCUT2D eigenvalue weighted by Crippen LogP contribution is -2.32. The SMILES string of the molecule is COc1cc(CNC(=O)CCCN2C(=O)c3ccccc3C2=O)ccc1OCC(=O)N(C)C. The third-order valence-corrected chi connectivity index (χ3v) is 5.23. The van der Waals surface area contributed by atoms with Gasteiger partial charge in [0.15, 0.2) is 18.1 Å². The summed E-state index contributed by atoms with van der Waals surface area (Å²) in [6.07, 6.45) is 0.547. The Hall–Kier alpha value is -3.88. The van der Waals surface area contributed by atoms with E-state index >= 15 is 0 Å². The highest BCUT2D eigenvalue weighted by Gasteiger charge is 2.34. The molecule has 0 fully saturated rings. The van der Waals surface area contributed by atoms with Crippen molar-refractivity contribution >= 4 is 23.6 Å². The third kappa shape index (κ3) is 5.68. The Bertz CT molecular complexity index is 1030. The van der Waals surface area contributed by atoms with Gasteiger partial charge in [-0.3, -0.25) is 24.1 Å². The second-order valence-electron chi connectivity index (χ2n) is 7.75.